The summed E-state index contributed by atoms with van der Waals surface area (Å²) in [5.41, 5.74) is 1.02. The fourth-order valence-electron chi connectivity index (χ4n) is 1.25. The van der Waals surface area contributed by atoms with Gasteiger partial charge in [-0.15, -0.1) is 0 Å². The highest BCUT2D eigenvalue weighted by atomic mass is 16.3. The molecule has 66 valence electrons. The van der Waals surface area contributed by atoms with Crippen LogP contribution in [0.5, 0.6) is 0 Å². The van der Waals surface area contributed by atoms with E-state index in [1.54, 1.807) is 0 Å². The minimum Gasteiger partial charge on any atom is -0.458 e. The molecular weight excluding hydrogens is 152 g/mol. The van der Waals surface area contributed by atoms with Gasteiger partial charge in [0.15, 0.2) is 12.0 Å². The number of furan rings is 1. The largest absolute Gasteiger partial charge is 0.458 e. The van der Waals surface area contributed by atoms with Crippen molar-refractivity contribution in [1.29, 1.82) is 0 Å². The van der Waals surface area contributed by atoms with Gasteiger partial charge < -0.3 is 4.42 Å². The number of aryl methyl sites for hydroxylation is 2. The van der Waals surface area contributed by atoms with Crippen molar-refractivity contribution in [3.8, 4) is 0 Å². The summed E-state index contributed by atoms with van der Waals surface area (Å²) in [4.78, 5) is 10.5. The first kappa shape index (κ1) is 9.04. The van der Waals surface area contributed by atoms with Gasteiger partial charge in [-0.05, 0) is 18.9 Å². The summed E-state index contributed by atoms with van der Waals surface area (Å²) < 4.78 is 5.33. The van der Waals surface area contributed by atoms with E-state index in [1.165, 1.54) is 0 Å². The molecule has 0 N–H and O–H groups in total. The van der Waals surface area contributed by atoms with Crippen LogP contribution in [0.1, 0.15) is 42.1 Å². The molecule has 1 heterocycles. The molecule has 0 aliphatic rings. The molecule has 0 saturated carbocycles. The Morgan fingerprint density at radius 1 is 1.50 bits per heavy atom. The predicted molar refractivity (Wildman–Crippen MR) is 47.5 cm³/mol. The van der Waals surface area contributed by atoms with Crippen LogP contribution in [0.3, 0.4) is 0 Å². The fraction of sp³-hybridized carbons (Fsp3) is 0.500. The van der Waals surface area contributed by atoms with Crippen molar-refractivity contribution in [2.45, 2.75) is 33.1 Å². The number of hydrogen-bond donors (Lipinski definition) is 0. The monoisotopic (exact) mass is 166 g/mol. The zero-order valence-corrected chi connectivity index (χ0v) is 7.59. The summed E-state index contributed by atoms with van der Waals surface area (Å²) in [6.07, 6.45) is 3.62. The van der Waals surface area contributed by atoms with E-state index in [-0.39, 0.29) is 0 Å². The van der Waals surface area contributed by atoms with Gasteiger partial charge in [-0.2, -0.15) is 0 Å². The molecule has 0 fully saturated rings. The molecule has 0 radical (unpaired) electrons. The lowest BCUT2D eigenvalue weighted by molar-refractivity contribution is 0.109. The molecule has 1 aromatic rings. The van der Waals surface area contributed by atoms with Crippen molar-refractivity contribution < 1.29 is 9.21 Å². The van der Waals surface area contributed by atoms with E-state index in [2.05, 4.69) is 6.92 Å². The van der Waals surface area contributed by atoms with Crippen molar-refractivity contribution in [1.82, 2.24) is 0 Å². The molecule has 1 aromatic heterocycles. The highest BCUT2D eigenvalue weighted by Crippen LogP contribution is 2.15. The first-order valence-electron chi connectivity index (χ1n) is 4.38. The molecule has 0 saturated heterocycles. The number of rotatable bonds is 4. The van der Waals surface area contributed by atoms with E-state index in [1.807, 2.05) is 13.0 Å². The SMILES string of the molecule is CCCc1cc(CC)c(C=O)o1. The van der Waals surface area contributed by atoms with Crippen LogP contribution in [0.4, 0.5) is 0 Å². The molecule has 1 rings (SSSR count). The van der Waals surface area contributed by atoms with Crippen molar-refractivity contribution in [2.75, 3.05) is 0 Å². The zero-order chi connectivity index (χ0) is 8.97. The van der Waals surface area contributed by atoms with Crippen molar-refractivity contribution in [2.24, 2.45) is 0 Å². The zero-order valence-electron chi connectivity index (χ0n) is 7.59. The number of hydrogen-bond acceptors (Lipinski definition) is 2. The van der Waals surface area contributed by atoms with Crippen LogP contribution in [0, 0.1) is 0 Å². The molecule has 2 heteroatoms. The predicted octanol–water partition coefficient (Wildman–Crippen LogP) is 2.61. The Morgan fingerprint density at radius 2 is 2.25 bits per heavy atom. The molecule has 0 amide bonds. The summed E-state index contributed by atoms with van der Waals surface area (Å²) in [5.74, 6) is 1.43. The highest BCUT2D eigenvalue weighted by molar-refractivity contribution is 5.73. The second-order valence-corrected chi connectivity index (χ2v) is 2.82. The van der Waals surface area contributed by atoms with E-state index in [4.69, 9.17) is 4.42 Å². The maximum Gasteiger partial charge on any atom is 0.185 e. The molecule has 0 unspecified atom stereocenters. The third-order valence-corrected chi connectivity index (χ3v) is 1.88. The molecular formula is C10H14O2. The lowest BCUT2D eigenvalue weighted by atomic mass is 10.2. The summed E-state index contributed by atoms with van der Waals surface area (Å²) >= 11 is 0. The average molecular weight is 166 g/mol. The molecule has 0 aromatic carbocycles. The van der Waals surface area contributed by atoms with Crippen LogP contribution >= 0.6 is 0 Å². The Kier molecular flexibility index (Phi) is 3.09. The average Bonchev–Trinajstić information content (AvgIpc) is 2.48. The van der Waals surface area contributed by atoms with Gasteiger partial charge in [-0.25, -0.2) is 0 Å². The van der Waals surface area contributed by atoms with Gasteiger partial charge in [-0.1, -0.05) is 13.8 Å². The van der Waals surface area contributed by atoms with E-state index in [9.17, 15) is 4.79 Å². The van der Waals surface area contributed by atoms with E-state index >= 15 is 0 Å². The maximum atomic E-state index is 10.5. The third kappa shape index (κ3) is 1.76. The van der Waals surface area contributed by atoms with E-state index < -0.39 is 0 Å². The molecule has 0 aliphatic carbocycles. The molecule has 0 aliphatic heterocycles. The third-order valence-electron chi connectivity index (χ3n) is 1.88. The minimum absolute atomic E-state index is 0.501. The first-order chi connectivity index (χ1) is 5.81. The summed E-state index contributed by atoms with van der Waals surface area (Å²) in [7, 11) is 0. The Morgan fingerprint density at radius 3 is 2.67 bits per heavy atom. The van der Waals surface area contributed by atoms with E-state index in [0.29, 0.717) is 5.76 Å². The molecule has 0 bridgehead atoms. The Labute approximate surface area is 72.6 Å². The second-order valence-electron chi connectivity index (χ2n) is 2.82. The summed E-state index contributed by atoms with van der Waals surface area (Å²) in [5, 5.41) is 0. The fourth-order valence-corrected chi connectivity index (χ4v) is 1.25. The summed E-state index contributed by atoms with van der Waals surface area (Å²) in [6, 6.07) is 1.98. The van der Waals surface area contributed by atoms with Gasteiger partial charge >= 0.3 is 0 Å². The smallest absolute Gasteiger partial charge is 0.185 e. The van der Waals surface area contributed by atoms with Gasteiger partial charge in [0.1, 0.15) is 5.76 Å². The van der Waals surface area contributed by atoms with Crippen LogP contribution in [0.2, 0.25) is 0 Å². The number of carbonyl (C=O) groups excluding carboxylic acids is 1. The number of carbonyl (C=O) groups is 1. The van der Waals surface area contributed by atoms with Gasteiger partial charge in [0.05, 0.1) is 0 Å². The Bertz CT molecular complexity index is 261. The molecule has 0 atom stereocenters. The highest BCUT2D eigenvalue weighted by Gasteiger charge is 2.07. The van der Waals surface area contributed by atoms with Crippen molar-refractivity contribution >= 4 is 6.29 Å². The molecule has 0 spiro atoms. The van der Waals surface area contributed by atoms with Gasteiger partial charge in [-0.3, -0.25) is 4.79 Å². The van der Waals surface area contributed by atoms with Crippen LogP contribution in [0.15, 0.2) is 10.5 Å². The lowest BCUT2D eigenvalue weighted by Crippen LogP contribution is -1.81. The van der Waals surface area contributed by atoms with Gasteiger partial charge in [0.2, 0.25) is 0 Å². The second kappa shape index (κ2) is 4.10. The Hall–Kier alpha value is -1.05. The van der Waals surface area contributed by atoms with Crippen molar-refractivity contribution in [3.63, 3.8) is 0 Å². The quantitative estimate of drug-likeness (QED) is 0.643. The molecule has 2 nitrogen and oxygen atoms in total. The summed E-state index contributed by atoms with van der Waals surface area (Å²) in [6.45, 7) is 4.11. The van der Waals surface area contributed by atoms with Crippen LogP contribution < -0.4 is 0 Å². The van der Waals surface area contributed by atoms with Gasteiger partial charge in [0.25, 0.3) is 0 Å². The first-order valence-corrected chi connectivity index (χ1v) is 4.38. The minimum atomic E-state index is 0.501. The van der Waals surface area contributed by atoms with Gasteiger partial charge in [0, 0.05) is 12.0 Å². The van der Waals surface area contributed by atoms with Crippen LogP contribution in [0.25, 0.3) is 0 Å². The Balaban J connectivity index is 2.88. The van der Waals surface area contributed by atoms with Crippen LogP contribution in [-0.4, -0.2) is 6.29 Å². The van der Waals surface area contributed by atoms with Crippen molar-refractivity contribution in [3.05, 3.63) is 23.2 Å². The topological polar surface area (TPSA) is 30.2 Å². The van der Waals surface area contributed by atoms with E-state index in [0.717, 1.165) is 36.9 Å². The number of aldehydes is 1. The van der Waals surface area contributed by atoms with Crippen LogP contribution in [-0.2, 0) is 12.8 Å². The molecule has 12 heavy (non-hydrogen) atoms. The lowest BCUT2D eigenvalue weighted by Gasteiger charge is -1.87. The maximum absolute atomic E-state index is 10.5. The normalized spacial score (nSPS) is 10.2. The standard InChI is InChI=1S/C10H14O2/c1-3-5-9-6-8(4-2)10(7-11)12-9/h6-7H,3-5H2,1-2H3.